The number of hydrogen-bond donors (Lipinski definition) is 0. The molecule has 0 bridgehead atoms. The van der Waals surface area contributed by atoms with E-state index >= 15 is 0 Å². The van der Waals surface area contributed by atoms with Gasteiger partial charge in [-0.15, -0.1) is 0 Å². The molecule has 3 nitrogen and oxygen atoms in total. The maximum Gasteiger partial charge on any atom is 0.495 e. The average molecular weight is 282 g/mol. The first-order valence-corrected chi connectivity index (χ1v) is 7.03. The first kappa shape index (κ1) is 14.8. The molecule has 1 aromatic rings. The highest BCUT2D eigenvalue weighted by atomic mass is 35.5. The van der Waals surface area contributed by atoms with Gasteiger partial charge < -0.3 is 9.31 Å². The van der Waals surface area contributed by atoms with Crippen molar-refractivity contribution in [3.8, 4) is 0 Å². The van der Waals surface area contributed by atoms with Crippen LogP contribution in [0.2, 0.25) is 5.15 Å². The lowest BCUT2D eigenvalue weighted by Crippen LogP contribution is -2.41. The Balaban J connectivity index is 2.41. The molecule has 0 amide bonds. The number of aromatic nitrogens is 1. The van der Waals surface area contributed by atoms with Crippen molar-refractivity contribution in [1.82, 2.24) is 4.98 Å². The van der Waals surface area contributed by atoms with Crippen LogP contribution in [0.1, 0.15) is 53.0 Å². The van der Waals surface area contributed by atoms with Gasteiger partial charge in [-0.25, -0.2) is 4.98 Å². The topological polar surface area (TPSA) is 31.4 Å². The van der Waals surface area contributed by atoms with Gasteiger partial charge >= 0.3 is 7.12 Å². The minimum Gasteiger partial charge on any atom is -0.399 e. The summed E-state index contributed by atoms with van der Waals surface area (Å²) in [4.78, 5) is 4.16. The van der Waals surface area contributed by atoms with Gasteiger partial charge in [-0.2, -0.15) is 0 Å². The molecule has 0 saturated carbocycles. The Morgan fingerprint density at radius 2 is 1.68 bits per heavy atom. The number of pyridine rings is 1. The summed E-state index contributed by atoms with van der Waals surface area (Å²) in [5.41, 5.74) is 1.40. The molecule has 2 rings (SSSR count). The third-order valence-electron chi connectivity index (χ3n) is 4.06. The van der Waals surface area contributed by atoms with Crippen LogP contribution < -0.4 is 5.46 Å². The molecule has 0 N–H and O–H groups in total. The molecule has 104 valence electrons. The van der Waals surface area contributed by atoms with Gasteiger partial charge in [0, 0.05) is 6.20 Å². The van der Waals surface area contributed by atoms with Crippen molar-refractivity contribution < 1.29 is 9.31 Å². The van der Waals surface area contributed by atoms with Gasteiger partial charge in [0.05, 0.1) is 11.2 Å². The van der Waals surface area contributed by atoms with E-state index in [9.17, 15) is 0 Å². The van der Waals surface area contributed by atoms with E-state index in [0.29, 0.717) is 11.1 Å². The second kappa shape index (κ2) is 4.76. The second-order valence-electron chi connectivity index (χ2n) is 6.38. The Bertz CT molecular complexity index is 472. The van der Waals surface area contributed by atoms with Crippen molar-refractivity contribution in [2.24, 2.45) is 0 Å². The normalized spacial score (nSPS) is 21.2. The summed E-state index contributed by atoms with van der Waals surface area (Å²) in [5, 5.41) is 0.467. The van der Waals surface area contributed by atoms with Crippen LogP contribution >= 0.6 is 11.6 Å². The third-order valence-corrected chi connectivity index (χ3v) is 4.27. The zero-order valence-electron chi connectivity index (χ0n) is 12.5. The molecule has 1 aliphatic heterocycles. The first-order chi connectivity index (χ1) is 8.64. The Morgan fingerprint density at radius 3 is 2.16 bits per heavy atom. The fraction of sp³-hybridized carbons (Fsp3) is 0.643. The summed E-state index contributed by atoms with van der Waals surface area (Å²) in [6, 6.07) is 1.85. The average Bonchev–Trinajstić information content (AvgIpc) is 2.47. The summed E-state index contributed by atoms with van der Waals surface area (Å²) >= 11 is 6.02. The van der Waals surface area contributed by atoms with Crippen molar-refractivity contribution >= 4 is 24.2 Å². The molecule has 19 heavy (non-hydrogen) atoms. The van der Waals surface area contributed by atoms with E-state index in [-0.39, 0.29) is 18.3 Å². The molecule has 0 aliphatic carbocycles. The van der Waals surface area contributed by atoms with E-state index in [2.05, 4.69) is 18.8 Å². The molecule has 1 aliphatic rings. The Hall–Kier alpha value is -0.575. The highest BCUT2D eigenvalue weighted by Gasteiger charge is 2.52. The molecule has 0 spiro atoms. The van der Waals surface area contributed by atoms with Crippen LogP contribution in [-0.4, -0.2) is 23.3 Å². The lowest BCUT2D eigenvalue weighted by atomic mass is 9.74. The monoisotopic (exact) mass is 281 g/mol. The molecule has 0 aromatic carbocycles. The molecule has 2 heterocycles. The van der Waals surface area contributed by atoms with E-state index in [1.807, 2.05) is 40.0 Å². The molecular weight excluding hydrogens is 260 g/mol. The maximum absolute atomic E-state index is 6.09. The molecular formula is C14H21BClNO2. The number of halogens is 1. The van der Waals surface area contributed by atoms with Gasteiger partial charge in [-0.3, -0.25) is 0 Å². The lowest BCUT2D eigenvalue weighted by molar-refractivity contribution is 0.00578. The Labute approximate surface area is 120 Å². The molecule has 1 saturated heterocycles. The minimum atomic E-state index is -0.386. The van der Waals surface area contributed by atoms with Crippen molar-refractivity contribution in [3.63, 3.8) is 0 Å². The van der Waals surface area contributed by atoms with Crippen LogP contribution in [0.3, 0.4) is 0 Å². The van der Waals surface area contributed by atoms with E-state index < -0.39 is 0 Å². The smallest absolute Gasteiger partial charge is 0.399 e. The van der Waals surface area contributed by atoms with Crippen LogP contribution in [0, 0.1) is 0 Å². The second-order valence-corrected chi connectivity index (χ2v) is 6.77. The summed E-state index contributed by atoms with van der Waals surface area (Å²) < 4.78 is 12.2. The van der Waals surface area contributed by atoms with E-state index in [1.54, 1.807) is 0 Å². The first-order valence-electron chi connectivity index (χ1n) is 6.65. The molecule has 0 radical (unpaired) electrons. The Morgan fingerprint density at radius 1 is 1.16 bits per heavy atom. The summed E-state index contributed by atoms with van der Waals surface area (Å²) in [5.74, 6) is 0.346. The Kier molecular flexibility index (Phi) is 3.71. The van der Waals surface area contributed by atoms with E-state index in [4.69, 9.17) is 20.9 Å². The zero-order valence-corrected chi connectivity index (χ0v) is 13.2. The molecule has 1 aromatic heterocycles. The standard InChI is InChI=1S/C14H21BClNO2/c1-9(2)10-8-17-12(16)7-11(10)15-18-13(3,4)14(5,6)19-15/h7-9H,1-6H3. The summed E-state index contributed by atoms with van der Waals surface area (Å²) in [6.07, 6.45) is 1.81. The van der Waals surface area contributed by atoms with Gasteiger partial charge in [0.15, 0.2) is 0 Å². The lowest BCUT2D eigenvalue weighted by Gasteiger charge is -2.32. The van der Waals surface area contributed by atoms with Gasteiger partial charge in [-0.05, 0) is 50.7 Å². The van der Waals surface area contributed by atoms with Gasteiger partial charge in [-0.1, -0.05) is 25.4 Å². The predicted molar refractivity (Wildman–Crippen MR) is 79.1 cm³/mol. The fourth-order valence-electron chi connectivity index (χ4n) is 2.11. The quantitative estimate of drug-likeness (QED) is 0.616. The molecule has 5 heteroatoms. The highest BCUT2D eigenvalue weighted by molar-refractivity contribution is 6.63. The number of rotatable bonds is 2. The van der Waals surface area contributed by atoms with Crippen LogP contribution in [0.4, 0.5) is 0 Å². The molecule has 0 unspecified atom stereocenters. The number of nitrogens with zero attached hydrogens (tertiary/aromatic N) is 1. The zero-order chi connectivity index (χ0) is 14.4. The largest absolute Gasteiger partial charge is 0.495 e. The van der Waals surface area contributed by atoms with E-state index in [0.717, 1.165) is 11.0 Å². The van der Waals surface area contributed by atoms with E-state index in [1.165, 1.54) is 0 Å². The maximum atomic E-state index is 6.09. The number of hydrogen-bond acceptors (Lipinski definition) is 3. The van der Waals surface area contributed by atoms with Crippen LogP contribution in [0.15, 0.2) is 12.3 Å². The van der Waals surface area contributed by atoms with Crippen molar-refractivity contribution in [2.75, 3.05) is 0 Å². The van der Waals surface area contributed by atoms with Crippen LogP contribution in [-0.2, 0) is 9.31 Å². The minimum absolute atomic E-state index is 0.346. The molecule has 0 atom stereocenters. The van der Waals surface area contributed by atoms with Crippen LogP contribution in [0.5, 0.6) is 0 Å². The third kappa shape index (κ3) is 2.67. The van der Waals surface area contributed by atoms with Gasteiger partial charge in [0.1, 0.15) is 5.15 Å². The van der Waals surface area contributed by atoms with Crippen LogP contribution in [0.25, 0.3) is 0 Å². The molecule has 1 fully saturated rings. The SMILES string of the molecule is CC(C)c1cnc(Cl)cc1B1OC(C)(C)C(C)(C)O1. The van der Waals surface area contributed by atoms with Gasteiger partial charge in [0.25, 0.3) is 0 Å². The predicted octanol–water partition coefficient (Wildman–Crippen LogP) is 3.16. The van der Waals surface area contributed by atoms with Crippen molar-refractivity contribution in [1.29, 1.82) is 0 Å². The van der Waals surface area contributed by atoms with Crippen molar-refractivity contribution in [3.05, 3.63) is 23.0 Å². The summed E-state index contributed by atoms with van der Waals surface area (Å²) in [6.45, 7) is 12.4. The van der Waals surface area contributed by atoms with Gasteiger partial charge in [0.2, 0.25) is 0 Å². The van der Waals surface area contributed by atoms with Crippen molar-refractivity contribution in [2.45, 2.75) is 58.7 Å². The highest BCUT2D eigenvalue weighted by Crippen LogP contribution is 2.37. The summed E-state index contributed by atoms with van der Waals surface area (Å²) in [7, 11) is -0.386. The fourth-order valence-corrected chi connectivity index (χ4v) is 2.28.